The summed E-state index contributed by atoms with van der Waals surface area (Å²) < 4.78 is 6.11. The highest BCUT2D eigenvalue weighted by atomic mass is 16.3. The van der Waals surface area contributed by atoms with Gasteiger partial charge in [0, 0.05) is 43.1 Å². The first-order chi connectivity index (χ1) is 22.2. The minimum absolute atomic E-state index is 0.0519. The molecule has 0 unspecified atom stereocenters. The van der Waals surface area contributed by atoms with Crippen LogP contribution in [0.25, 0.3) is 22.3 Å². The largest absolute Gasteiger partial charge is 0.456 e. The number of rotatable bonds is 9. The van der Waals surface area contributed by atoms with E-state index in [-0.39, 0.29) is 36.0 Å². The highest BCUT2D eigenvalue weighted by Crippen LogP contribution is 2.31. The number of nitrogens with one attached hydrogen (secondary N) is 1. The predicted molar refractivity (Wildman–Crippen MR) is 177 cm³/mol. The van der Waals surface area contributed by atoms with Crippen LogP contribution in [-0.4, -0.2) is 77.5 Å². The van der Waals surface area contributed by atoms with Crippen molar-refractivity contribution in [1.82, 2.24) is 14.7 Å². The molecule has 6 rings (SSSR count). The summed E-state index contributed by atoms with van der Waals surface area (Å²) in [6.45, 7) is 2.71. The van der Waals surface area contributed by atoms with Gasteiger partial charge in [0.1, 0.15) is 23.4 Å². The Morgan fingerprint density at radius 2 is 1.57 bits per heavy atom. The van der Waals surface area contributed by atoms with E-state index in [1.54, 1.807) is 9.80 Å². The zero-order valence-corrected chi connectivity index (χ0v) is 26.6. The minimum atomic E-state index is -0.533. The average molecular weight is 621 g/mol. The molecule has 238 valence electrons. The van der Waals surface area contributed by atoms with Crippen molar-refractivity contribution in [3.63, 3.8) is 0 Å². The van der Waals surface area contributed by atoms with Gasteiger partial charge < -0.3 is 19.5 Å². The van der Waals surface area contributed by atoms with Crippen LogP contribution in [0, 0.1) is 0 Å². The Morgan fingerprint density at radius 1 is 0.870 bits per heavy atom. The van der Waals surface area contributed by atoms with E-state index in [4.69, 9.17) is 4.42 Å². The van der Waals surface area contributed by atoms with Gasteiger partial charge in [-0.3, -0.25) is 24.1 Å². The number of likely N-dealkylation sites (tertiary alicyclic amines) is 2. The van der Waals surface area contributed by atoms with Gasteiger partial charge in [-0.25, -0.2) is 0 Å². The van der Waals surface area contributed by atoms with E-state index in [9.17, 15) is 19.2 Å². The average Bonchev–Trinajstić information content (AvgIpc) is 3.81. The monoisotopic (exact) mass is 620 g/mol. The lowest BCUT2D eigenvalue weighted by Crippen LogP contribution is -2.47. The molecule has 0 bridgehead atoms. The fourth-order valence-corrected chi connectivity index (χ4v) is 6.84. The molecule has 0 aliphatic carbocycles. The number of carbonyl (C=O) groups is 4. The lowest BCUT2D eigenvalue weighted by molar-refractivity contribution is -0.140. The van der Waals surface area contributed by atoms with Crippen molar-refractivity contribution < 1.29 is 23.6 Å². The number of hydrogen-bond acceptors (Lipinski definition) is 6. The van der Waals surface area contributed by atoms with Crippen molar-refractivity contribution >= 4 is 40.2 Å². The van der Waals surface area contributed by atoms with Gasteiger partial charge in [-0.1, -0.05) is 36.4 Å². The van der Waals surface area contributed by atoms with Crippen LogP contribution in [0.4, 0.5) is 5.69 Å². The molecule has 3 heterocycles. The summed E-state index contributed by atoms with van der Waals surface area (Å²) in [5.41, 5.74) is 4.00. The molecular formula is C37H40N4O5. The van der Waals surface area contributed by atoms with Gasteiger partial charge >= 0.3 is 0 Å². The summed E-state index contributed by atoms with van der Waals surface area (Å²) in [5.74, 6) is 0.423. The summed E-state index contributed by atoms with van der Waals surface area (Å²) in [6, 6.07) is 23.5. The fourth-order valence-electron chi connectivity index (χ4n) is 6.84. The maximum Gasteiger partial charge on any atom is 0.247 e. The van der Waals surface area contributed by atoms with Crippen molar-refractivity contribution in [2.45, 2.75) is 57.2 Å². The summed E-state index contributed by atoms with van der Waals surface area (Å²) in [6.07, 6.45) is 3.23. The number of hydrogen-bond donors (Lipinski definition) is 1. The molecule has 4 aromatic rings. The molecule has 2 aliphatic heterocycles. The molecule has 0 radical (unpaired) electrons. The molecule has 9 nitrogen and oxygen atoms in total. The van der Waals surface area contributed by atoms with Crippen molar-refractivity contribution in [2.75, 3.05) is 32.5 Å². The second kappa shape index (κ2) is 13.3. The van der Waals surface area contributed by atoms with E-state index in [1.807, 2.05) is 97.9 Å². The molecule has 3 aromatic carbocycles. The zero-order valence-electron chi connectivity index (χ0n) is 26.6. The van der Waals surface area contributed by atoms with E-state index in [0.29, 0.717) is 36.5 Å². The van der Waals surface area contributed by atoms with Crippen LogP contribution in [0.3, 0.4) is 0 Å². The number of nitrogens with zero attached hydrogens (tertiary/aromatic N) is 3. The van der Waals surface area contributed by atoms with Gasteiger partial charge in [0.05, 0.1) is 6.04 Å². The Bertz CT molecular complexity index is 1750. The van der Waals surface area contributed by atoms with Crippen LogP contribution in [0.1, 0.15) is 49.8 Å². The predicted octanol–water partition coefficient (Wildman–Crippen LogP) is 5.45. The third kappa shape index (κ3) is 6.46. The summed E-state index contributed by atoms with van der Waals surface area (Å²) >= 11 is 0. The SMILES string of the molecule is CC(=O)N1CCC[C@H]1C(=O)Cc1ccc2oc(-c3ccc(NC(=O)[C@@H]4CCCN4C(=O)[C@@H](c4ccccc4)N(C)C)cc3)cc2c1. The van der Waals surface area contributed by atoms with Crippen molar-refractivity contribution in [2.24, 2.45) is 0 Å². The quantitative estimate of drug-likeness (QED) is 0.267. The first-order valence-corrected chi connectivity index (χ1v) is 15.9. The summed E-state index contributed by atoms with van der Waals surface area (Å²) in [4.78, 5) is 57.2. The van der Waals surface area contributed by atoms with Gasteiger partial charge in [-0.2, -0.15) is 0 Å². The number of furan rings is 1. The molecule has 2 saturated heterocycles. The maximum absolute atomic E-state index is 13.7. The number of anilines is 1. The summed E-state index contributed by atoms with van der Waals surface area (Å²) in [7, 11) is 3.76. The molecule has 2 aliphatic rings. The smallest absolute Gasteiger partial charge is 0.247 e. The lowest BCUT2D eigenvalue weighted by atomic mass is 10.0. The number of amides is 3. The molecule has 0 spiro atoms. The Labute approximate surface area is 269 Å². The lowest BCUT2D eigenvalue weighted by Gasteiger charge is -2.31. The Balaban J connectivity index is 1.11. The normalized spacial score (nSPS) is 18.7. The fraction of sp³-hybridized carbons (Fsp3) is 0.351. The van der Waals surface area contributed by atoms with Crippen molar-refractivity contribution in [3.8, 4) is 11.3 Å². The molecule has 1 N–H and O–H groups in total. The molecule has 9 heteroatoms. The minimum Gasteiger partial charge on any atom is -0.456 e. The van der Waals surface area contributed by atoms with Crippen LogP contribution in [-0.2, 0) is 25.6 Å². The van der Waals surface area contributed by atoms with Gasteiger partial charge in [-0.05, 0) is 93.4 Å². The molecule has 3 atom stereocenters. The van der Waals surface area contributed by atoms with Crippen molar-refractivity contribution in [1.29, 1.82) is 0 Å². The zero-order chi connectivity index (χ0) is 32.4. The molecule has 1 aromatic heterocycles. The standard InChI is InChI=1S/C37H40N4O5/c1-24(42)40-19-7-11-30(40)32(43)22-25-13-18-33-28(21-25)23-34(46-33)26-14-16-29(17-15-26)38-36(44)31-12-8-20-41(31)37(45)35(39(2)3)27-9-5-4-6-10-27/h4-6,9-10,13-18,21,23,30-31,35H,7-8,11-12,19-20,22H2,1-3H3,(H,38,44)/t30-,31-,35+/m0/s1. The van der Waals surface area contributed by atoms with Crippen LogP contribution in [0.5, 0.6) is 0 Å². The first kappa shape index (κ1) is 31.2. The number of fused-ring (bicyclic) bond motifs is 1. The molecule has 2 fully saturated rings. The van der Waals surface area contributed by atoms with Crippen LogP contribution in [0.15, 0.2) is 83.3 Å². The van der Waals surface area contributed by atoms with E-state index in [2.05, 4.69) is 5.32 Å². The maximum atomic E-state index is 13.7. The van der Waals surface area contributed by atoms with E-state index < -0.39 is 12.1 Å². The number of benzene rings is 3. The Kier molecular flexibility index (Phi) is 9.03. The van der Waals surface area contributed by atoms with Crippen LogP contribution in [0.2, 0.25) is 0 Å². The number of ketones is 1. The van der Waals surface area contributed by atoms with E-state index in [1.165, 1.54) is 6.92 Å². The van der Waals surface area contributed by atoms with Gasteiger partial charge in [0.25, 0.3) is 0 Å². The second-order valence-corrected chi connectivity index (χ2v) is 12.5. The Morgan fingerprint density at radius 3 is 2.26 bits per heavy atom. The van der Waals surface area contributed by atoms with Crippen LogP contribution >= 0.6 is 0 Å². The molecular weight excluding hydrogens is 580 g/mol. The third-order valence-corrected chi connectivity index (χ3v) is 9.13. The van der Waals surface area contributed by atoms with E-state index >= 15 is 0 Å². The number of Topliss-reactive ketones (excluding diaryl/α,β-unsaturated/α-hetero) is 1. The summed E-state index contributed by atoms with van der Waals surface area (Å²) in [5, 5.41) is 3.90. The topological polar surface area (TPSA) is 103 Å². The highest BCUT2D eigenvalue weighted by Gasteiger charge is 2.38. The first-order valence-electron chi connectivity index (χ1n) is 15.9. The van der Waals surface area contributed by atoms with E-state index in [0.717, 1.165) is 41.3 Å². The third-order valence-electron chi connectivity index (χ3n) is 9.13. The molecule has 3 amide bonds. The van der Waals surface area contributed by atoms with Crippen molar-refractivity contribution in [3.05, 3.63) is 90.0 Å². The Hall–Kier alpha value is -4.76. The van der Waals surface area contributed by atoms with Gasteiger partial charge in [0.15, 0.2) is 5.78 Å². The van der Waals surface area contributed by atoms with Gasteiger partial charge in [-0.15, -0.1) is 0 Å². The van der Waals surface area contributed by atoms with Gasteiger partial charge in [0.2, 0.25) is 17.7 Å². The van der Waals surface area contributed by atoms with Crippen LogP contribution < -0.4 is 5.32 Å². The second-order valence-electron chi connectivity index (χ2n) is 12.5. The molecule has 0 saturated carbocycles. The number of likely N-dealkylation sites (N-methyl/N-ethyl adjacent to an activating group) is 1. The highest BCUT2D eigenvalue weighted by molar-refractivity contribution is 5.98. The number of carbonyl (C=O) groups excluding carboxylic acids is 4. The molecule has 46 heavy (non-hydrogen) atoms.